The van der Waals surface area contributed by atoms with Crippen LogP contribution in [0.5, 0.6) is 0 Å². The highest BCUT2D eigenvalue weighted by atomic mass is 19.1. The molecule has 1 fully saturated rings. The number of anilines is 1. The van der Waals surface area contributed by atoms with E-state index in [0.717, 1.165) is 19.5 Å². The van der Waals surface area contributed by atoms with Gasteiger partial charge in [-0.3, -0.25) is 0 Å². The van der Waals surface area contributed by atoms with E-state index in [1.54, 1.807) is 6.07 Å². The van der Waals surface area contributed by atoms with Gasteiger partial charge in [-0.15, -0.1) is 0 Å². The average molecular weight is 221 g/mol. The zero-order valence-corrected chi connectivity index (χ0v) is 8.66. The Labute approximate surface area is 91.8 Å². The molecule has 2 aromatic rings. The van der Waals surface area contributed by atoms with Crippen molar-refractivity contribution in [3.63, 3.8) is 0 Å². The van der Waals surface area contributed by atoms with Crippen LogP contribution in [0.3, 0.4) is 0 Å². The van der Waals surface area contributed by atoms with E-state index in [2.05, 4.69) is 15.8 Å². The minimum absolute atomic E-state index is 0.275. The first-order chi connectivity index (χ1) is 7.83. The summed E-state index contributed by atoms with van der Waals surface area (Å²) in [5, 5.41) is 11.1. The fourth-order valence-electron chi connectivity index (χ4n) is 1.99. The second-order valence-corrected chi connectivity index (χ2v) is 4.01. The number of nitrogens with one attached hydrogen (secondary N) is 2. The Bertz CT molecular complexity index is 505. The maximum Gasteiger partial charge on any atom is 0.177 e. The number of fused-ring (bicyclic) bond motifs is 1. The number of halogens is 1. The fourth-order valence-corrected chi connectivity index (χ4v) is 1.99. The van der Waals surface area contributed by atoms with Crippen molar-refractivity contribution < 1.29 is 8.91 Å². The lowest BCUT2D eigenvalue weighted by Gasteiger charge is -2.09. The summed E-state index contributed by atoms with van der Waals surface area (Å²) in [5.41, 5.74) is 0.606. The highest BCUT2D eigenvalue weighted by Gasteiger charge is 2.17. The molecule has 2 heterocycles. The van der Waals surface area contributed by atoms with Crippen LogP contribution in [-0.2, 0) is 0 Å². The van der Waals surface area contributed by atoms with Gasteiger partial charge in [0.1, 0.15) is 5.82 Å². The summed E-state index contributed by atoms with van der Waals surface area (Å²) in [6.07, 6.45) is 1.05. The number of hydrogen-bond acceptors (Lipinski definition) is 4. The molecule has 1 unspecified atom stereocenters. The van der Waals surface area contributed by atoms with Gasteiger partial charge >= 0.3 is 0 Å². The molecule has 16 heavy (non-hydrogen) atoms. The van der Waals surface area contributed by atoms with Crippen molar-refractivity contribution in [2.45, 2.75) is 12.5 Å². The molecule has 0 saturated carbocycles. The van der Waals surface area contributed by atoms with Gasteiger partial charge < -0.3 is 15.2 Å². The van der Waals surface area contributed by atoms with E-state index in [0.29, 0.717) is 22.8 Å². The van der Waals surface area contributed by atoms with Crippen LogP contribution in [-0.4, -0.2) is 24.3 Å². The lowest BCUT2D eigenvalue weighted by Crippen LogP contribution is -2.22. The number of aromatic nitrogens is 1. The Morgan fingerprint density at radius 2 is 2.44 bits per heavy atom. The number of hydrogen-bond donors (Lipinski definition) is 2. The standard InChI is InChI=1S/C11H12FN3O/c12-7-1-2-10-9(5-7)11(15-16-10)14-8-3-4-13-6-8/h1-2,5,8,13H,3-4,6H2,(H,14,15). The zero-order valence-electron chi connectivity index (χ0n) is 8.66. The predicted octanol–water partition coefficient (Wildman–Crippen LogP) is 1.74. The van der Waals surface area contributed by atoms with E-state index in [-0.39, 0.29) is 5.82 Å². The van der Waals surface area contributed by atoms with Crippen LogP contribution in [0.15, 0.2) is 22.7 Å². The van der Waals surface area contributed by atoms with Crippen molar-refractivity contribution in [1.82, 2.24) is 10.5 Å². The van der Waals surface area contributed by atoms with Crippen LogP contribution in [0.2, 0.25) is 0 Å². The molecule has 0 radical (unpaired) electrons. The van der Waals surface area contributed by atoms with Gasteiger partial charge in [-0.05, 0) is 31.2 Å². The van der Waals surface area contributed by atoms with Gasteiger partial charge in [0.25, 0.3) is 0 Å². The molecular formula is C11H12FN3O. The van der Waals surface area contributed by atoms with Gasteiger partial charge in [-0.2, -0.15) is 0 Å². The molecule has 4 nitrogen and oxygen atoms in total. The lowest BCUT2D eigenvalue weighted by molar-refractivity contribution is 0.458. The zero-order chi connectivity index (χ0) is 11.0. The minimum atomic E-state index is -0.275. The van der Waals surface area contributed by atoms with Gasteiger partial charge in [0.05, 0.1) is 5.39 Å². The Kier molecular flexibility index (Phi) is 2.25. The van der Waals surface area contributed by atoms with Crippen LogP contribution in [0.25, 0.3) is 11.0 Å². The first-order valence-corrected chi connectivity index (χ1v) is 5.35. The average Bonchev–Trinajstić information content (AvgIpc) is 2.90. The third-order valence-corrected chi connectivity index (χ3v) is 2.83. The molecule has 84 valence electrons. The van der Waals surface area contributed by atoms with Gasteiger partial charge in [0.2, 0.25) is 0 Å². The van der Waals surface area contributed by atoms with Crippen LogP contribution in [0.1, 0.15) is 6.42 Å². The maximum atomic E-state index is 13.1. The Balaban J connectivity index is 1.93. The summed E-state index contributed by atoms with van der Waals surface area (Å²) in [6.45, 7) is 1.91. The monoisotopic (exact) mass is 221 g/mol. The first-order valence-electron chi connectivity index (χ1n) is 5.35. The van der Waals surface area contributed by atoms with Crippen molar-refractivity contribution in [3.05, 3.63) is 24.0 Å². The third-order valence-electron chi connectivity index (χ3n) is 2.83. The third kappa shape index (κ3) is 1.63. The van der Waals surface area contributed by atoms with E-state index < -0.39 is 0 Å². The molecule has 0 bridgehead atoms. The molecular weight excluding hydrogens is 209 g/mol. The topological polar surface area (TPSA) is 50.1 Å². The Morgan fingerprint density at radius 1 is 1.50 bits per heavy atom. The normalized spacial score (nSPS) is 20.4. The van der Waals surface area contributed by atoms with Crippen molar-refractivity contribution in [1.29, 1.82) is 0 Å². The molecule has 1 aliphatic rings. The van der Waals surface area contributed by atoms with Crippen LogP contribution in [0.4, 0.5) is 10.2 Å². The quantitative estimate of drug-likeness (QED) is 0.811. The molecule has 0 aliphatic carbocycles. The fraction of sp³-hybridized carbons (Fsp3) is 0.364. The van der Waals surface area contributed by atoms with Crippen molar-refractivity contribution in [3.8, 4) is 0 Å². The van der Waals surface area contributed by atoms with Crippen molar-refractivity contribution >= 4 is 16.8 Å². The second-order valence-electron chi connectivity index (χ2n) is 4.01. The molecule has 1 aromatic heterocycles. The highest BCUT2D eigenvalue weighted by molar-refractivity contribution is 5.88. The maximum absolute atomic E-state index is 13.1. The van der Waals surface area contributed by atoms with Crippen molar-refractivity contribution in [2.75, 3.05) is 18.4 Å². The second kappa shape index (κ2) is 3.75. The molecule has 0 amide bonds. The van der Waals surface area contributed by atoms with E-state index in [1.165, 1.54) is 12.1 Å². The van der Waals surface area contributed by atoms with Gasteiger partial charge in [0.15, 0.2) is 11.4 Å². The summed E-state index contributed by atoms with van der Waals surface area (Å²) in [6, 6.07) is 4.75. The Morgan fingerprint density at radius 3 is 3.25 bits per heavy atom. The molecule has 1 saturated heterocycles. The number of rotatable bonds is 2. The minimum Gasteiger partial charge on any atom is -0.363 e. The predicted molar refractivity (Wildman–Crippen MR) is 58.9 cm³/mol. The van der Waals surface area contributed by atoms with Gasteiger partial charge in [-0.25, -0.2) is 4.39 Å². The van der Waals surface area contributed by atoms with Gasteiger partial charge in [0, 0.05) is 12.6 Å². The summed E-state index contributed by atoms with van der Waals surface area (Å²) in [5.74, 6) is 0.353. The summed E-state index contributed by atoms with van der Waals surface area (Å²) < 4.78 is 18.2. The number of nitrogens with zero attached hydrogens (tertiary/aromatic N) is 1. The van der Waals surface area contributed by atoms with Crippen molar-refractivity contribution in [2.24, 2.45) is 0 Å². The van der Waals surface area contributed by atoms with Crippen LogP contribution < -0.4 is 10.6 Å². The van der Waals surface area contributed by atoms with Crippen LogP contribution >= 0.6 is 0 Å². The smallest absolute Gasteiger partial charge is 0.177 e. The van der Waals surface area contributed by atoms with Gasteiger partial charge in [-0.1, -0.05) is 5.16 Å². The van der Waals surface area contributed by atoms with Crippen LogP contribution in [0, 0.1) is 5.82 Å². The molecule has 0 spiro atoms. The number of benzene rings is 1. The summed E-state index contributed by atoms with van der Waals surface area (Å²) in [7, 11) is 0. The molecule has 2 N–H and O–H groups in total. The molecule has 3 rings (SSSR count). The lowest BCUT2D eigenvalue weighted by atomic mass is 10.2. The van der Waals surface area contributed by atoms with E-state index in [9.17, 15) is 4.39 Å². The summed E-state index contributed by atoms with van der Waals surface area (Å²) in [4.78, 5) is 0. The SMILES string of the molecule is Fc1ccc2onc(NC3CCNC3)c2c1. The molecule has 5 heteroatoms. The van der Waals surface area contributed by atoms with E-state index in [1.807, 2.05) is 0 Å². The Hall–Kier alpha value is -1.62. The highest BCUT2D eigenvalue weighted by Crippen LogP contribution is 2.24. The van der Waals surface area contributed by atoms with E-state index >= 15 is 0 Å². The largest absolute Gasteiger partial charge is 0.363 e. The van der Waals surface area contributed by atoms with E-state index in [4.69, 9.17) is 4.52 Å². The first kappa shape index (κ1) is 9.59. The molecule has 1 aromatic carbocycles. The summed E-state index contributed by atoms with van der Waals surface area (Å²) >= 11 is 0. The molecule has 1 atom stereocenters. The molecule has 1 aliphatic heterocycles.